The van der Waals surface area contributed by atoms with Crippen molar-refractivity contribution in [2.24, 2.45) is 0 Å². The molecule has 2 rings (SSSR count). The summed E-state index contributed by atoms with van der Waals surface area (Å²) in [5.41, 5.74) is 1.90. The standard InChI is InChI=1S/C15H19NO3/c1-3-4-11(2)15(17)16-8-7-12-5-6-13-14(9-12)19-10-18-13/h4-6,9H,3,7-8,10H2,1-2H3,(H,16,17). The summed E-state index contributed by atoms with van der Waals surface area (Å²) in [5.74, 6) is 1.57. The van der Waals surface area contributed by atoms with E-state index in [2.05, 4.69) is 5.32 Å². The minimum atomic E-state index is 0.00240. The molecule has 19 heavy (non-hydrogen) atoms. The number of allylic oxidation sites excluding steroid dienone is 1. The second kappa shape index (κ2) is 6.27. The minimum absolute atomic E-state index is 0.00240. The van der Waals surface area contributed by atoms with Crippen molar-refractivity contribution in [3.8, 4) is 11.5 Å². The van der Waals surface area contributed by atoms with Crippen LogP contribution in [0.1, 0.15) is 25.8 Å². The molecular weight excluding hydrogens is 242 g/mol. The average molecular weight is 261 g/mol. The predicted octanol–water partition coefficient (Wildman–Crippen LogP) is 2.43. The molecule has 0 atom stereocenters. The number of nitrogens with one attached hydrogen (secondary N) is 1. The second-order valence-corrected chi connectivity index (χ2v) is 4.49. The van der Waals surface area contributed by atoms with E-state index in [0.717, 1.165) is 35.5 Å². The smallest absolute Gasteiger partial charge is 0.246 e. The highest BCUT2D eigenvalue weighted by Gasteiger charge is 2.13. The van der Waals surface area contributed by atoms with Crippen molar-refractivity contribution in [2.75, 3.05) is 13.3 Å². The van der Waals surface area contributed by atoms with E-state index in [4.69, 9.17) is 9.47 Å². The number of amides is 1. The van der Waals surface area contributed by atoms with Crippen molar-refractivity contribution in [3.05, 3.63) is 35.4 Å². The van der Waals surface area contributed by atoms with Crippen molar-refractivity contribution in [1.29, 1.82) is 0 Å². The molecule has 1 amide bonds. The van der Waals surface area contributed by atoms with Crippen LogP contribution < -0.4 is 14.8 Å². The quantitative estimate of drug-likeness (QED) is 0.828. The van der Waals surface area contributed by atoms with E-state index in [0.29, 0.717) is 6.54 Å². The first-order valence-corrected chi connectivity index (χ1v) is 6.54. The second-order valence-electron chi connectivity index (χ2n) is 4.49. The highest BCUT2D eigenvalue weighted by Crippen LogP contribution is 2.32. The first-order valence-electron chi connectivity index (χ1n) is 6.54. The Labute approximate surface area is 113 Å². The first kappa shape index (κ1) is 13.5. The Morgan fingerprint density at radius 3 is 2.95 bits per heavy atom. The zero-order chi connectivity index (χ0) is 13.7. The highest BCUT2D eigenvalue weighted by atomic mass is 16.7. The normalized spacial score (nSPS) is 13.5. The molecule has 4 nitrogen and oxygen atoms in total. The van der Waals surface area contributed by atoms with Crippen LogP contribution in [-0.2, 0) is 11.2 Å². The molecule has 0 spiro atoms. The summed E-state index contributed by atoms with van der Waals surface area (Å²) in [5, 5.41) is 2.90. The predicted molar refractivity (Wildman–Crippen MR) is 73.3 cm³/mol. The van der Waals surface area contributed by atoms with Crippen LogP contribution in [0.25, 0.3) is 0 Å². The monoisotopic (exact) mass is 261 g/mol. The maximum Gasteiger partial charge on any atom is 0.246 e. The molecule has 1 aromatic carbocycles. The van der Waals surface area contributed by atoms with Gasteiger partial charge >= 0.3 is 0 Å². The van der Waals surface area contributed by atoms with E-state index in [1.807, 2.05) is 38.1 Å². The fourth-order valence-electron chi connectivity index (χ4n) is 1.96. The first-order chi connectivity index (χ1) is 9.20. The molecule has 0 unspecified atom stereocenters. The van der Waals surface area contributed by atoms with Gasteiger partial charge in [0.15, 0.2) is 11.5 Å². The molecule has 0 saturated heterocycles. The molecule has 1 aliphatic rings. The summed E-state index contributed by atoms with van der Waals surface area (Å²) < 4.78 is 10.6. The zero-order valence-electron chi connectivity index (χ0n) is 11.4. The van der Waals surface area contributed by atoms with Crippen LogP contribution in [0, 0.1) is 0 Å². The van der Waals surface area contributed by atoms with E-state index >= 15 is 0 Å². The van der Waals surface area contributed by atoms with E-state index in [1.54, 1.807) is 0 Å². The third kappa shape index (κ3) is 3.50. The zero-order valence-corrected chi connectivity index (χ0v) is 11.4. The average Bonchev–Trinajstić information content (AvgIpc) is 2.86. The lowest BCUT2D eigenvalue weighted by molar-refractivity contribution is -0.117. The summed E-state index contributed by atoms with van der Waals surface area (Å²) in [6.07, 6.45) is 3.58. The van der Waals surface area contributed by atoms with Gasteiger partial charge in [0.2, 0.25) is 12.7 Å². The lowest BCUT2D eigenvalue weighted by atomic mass is 10.1. The van der Waals surface area contributed by atoms with Crippen LogP contribution in [0.4, 0.5) is 0 Å². The van der Waals surface area contributed by atoms with Crippen LogP contribution in [0.15, 0.2) is 29.8 Å². The van der Waals surface area contributed by atoms with Gasteiger partial charge in [-0.1, -0.05) is 19.1 Å². The Kier molecular flexibility index (Phi) is 4.44. The highest BCUT2D eigenvalue weighted by molar-refractivity contribution is 5.92. The Balaban J connectivity index is 1.83. The van der Waals surface area contributed by atoms with Crippen molar-refractivity contribution in [2.45, 2.75) is 26.7 Å². The summed E-state index contributed by atoms with van der Waals surface area (Å²) in [7, 11) is 0. The van der Waals surface area contributed by atoms with Crippen LogP contribution in [0.3, 0.4) is 0 Å². The topological polar surface area (TPSA) is 47.6 Å². The van der Waals surface area contributed by atoms with E-state index < -0.39 is 0 Å². The van der Waals surface area contributed by atoms with Crippen LogP contribution in [0.2, 0.25) is 0 Å². The maximum absolute atomic E-state index is 11.7. The number of fused-ring (bicyclic) bond motifs is 1. The molecule has 102 valence electrons. The number of hydrogen-bond acceptors (Lipinski definition) is 3. The van der Waals surface area contributed by atoms with Gasteiger partial charge in [0.05, 0.1) is 0 Å². The van der Waals surface area contributed by atoms with Crippen molar-refractivity contribution >= 4 is 5.91 Å². The van der Waals surface area contributed by atoms with Gasteiger partial charge in [-0.15, -0.1) is 0 Å². The molecule has 1 heterocycles. The van der Waals surface area contributed by atoms with Gasteiger partial charge in [0.25, 0.3) is 0 Å². The number of hydrogen-bond donors (Lipinski definition) is 1. The maximum atomic E-state index is 11.7. The molecule has 0 aromatic heterocycles. The molecule has 1 aliphatic heterocycles. The Morgan fingerprint density at radius 2 is 2.16 bits per heavy atom. The van der Waals surface area contributed by atoms with Crippen molar-refractivity contribution < 1.29 is 14.3 Å². The molecule has 4 heteroatoms. The molecule has 1 N–H and O–H groups in total. The number of carbonyl (C=O) groups is 1. The molecular formula is C15H19NO3. The molecule has 0 radical (unpaired) electrons. The molecule has 1 aromatic rings. The fourth-order valence-corrected chi connectivity index (χ4v) is 1.96. The molecule has 0 fully saturated rings. The molecule has 0 bridgehead atoms. The number of benzene rings is 1. The Morgan fingerprint density at radius 1 is 1.37 bits per heavy atom. The van der Waals surface area contributed by atoms with Gasteiger partial charge in [-0.05, 0) is 37.5 Å². The lowest BCUT2D eigenvalue weighted by Gasteiger charge is -2.06. The number of rotatable bonds is 5. The summed E-state index contributed by atoms with van der Waals surface area (Å²) >= 11 is 0. The van der Waals surface area contributed by atoms with E-state index in [9.17, 15) is 4.79 Å². The van der Waals surface area contributed by atoms with E-state index in [1.165, 1.54) is 0 Å². The lowest BCUT2D eigenvalue weighted by Crippen LogP contribution is -2.26. The summed E-state index contributed by atoms with van der Waals surface area (Å²) in [6.45, 7) is 4.76. The van der Waals surface area contributed by atoms with E-state index in [-0.39, 0.29) is 12.7 Å². The van der Waals surface area contributed by atoms with Gasteiger partial charge in [-0.25, -0.2) is 0 Å². The third-order valence-corrected chi connectivity index (χ3v) is 3.00. The number of ether oxygens (including phenoxy) is 2. The third-order valence-electron chi connectivity index (χ3n) is 3.00. The summed E-state index contributed by atoms with van der Waals surface area (Å²) in [4.78, 5) is 11.7. The van der Waals surface area contributed by atoms with Gasteiger partial charge < -0.3 is 14.8 Å². The Hall–Kier alpha value is -1.97. The van der Waals surface area contributed by atoms with Crippen LogP contribution in [-0.4, -0.2) is 19.2 Å². The van der Waals surface area contributed by atoms with Crippen LogP contribution >= 0.6 is 0 Å². The van der Waals surface area contributed by atoms with Crippen molar-refractivity contribution in [3.63, 3.8) is 0 Å². The number of carbonyl (C=O) groups excluding carboxylic acids is 1. The summed E-state index contributed by atoms with van der Waals surface area (Å²) in [6, 6.07) is 5.86. The van der Waals surface area contributed by atoms with Gasteiger partial charge in [0, 0.05) is 12.1 Å². The van der Waals surface area contributed by atoms with Crippen LogP contribution in [0.5, 0.6) is 11.5 Å². The largest absolute Gasteiger partial charge is 0.454 e. The molecule has 0 aliphatic carbocycles. The van der Waals surface area contributed by atoms with Gasteiger partial charge in [-0.2, -0.15) is 0 Å². The van der Waals surface area contributed by atoms with Crippen molar-refractivity contribution in [1.82, 2.24) is 5.32 Å². The minimum Gasteiger partial charge on any atom is -0.454 e. The SMILES string of the molecule is CCC=C(C)C(=O)NCCc1ccc2c(c1)OCO2. The molecule has 0 saturated carbocycles. The fraction of sp³-hybridized carbons (Fsp3) is 0.400. The van der Waals surface area contributed by atoms with Gasteiger partial charge in [0.1, 0.15) is 0 Å². The van der Waals surface area contributed by atoms with Gasteiger partial charge in [-0.3, -0.25) is 4.79 Å². The Bertz CT molecular complexity index is 494.